The van der Waals surface area contributed by atoms with Crippen LogP contribution in [0.2, 0.25) is 0 Å². The van der Waals surface area contributed by atoms with E-state index in [9.17, 15) is 0 Å². The van der Waals surface area contributed by atoms with Gasteiger partial charge in [0.2, 0.25) is 0 Å². The Labute approximate surface area is 91.3 Å². The van der Waals surface area contributed by atoms with Gasteiger partial charge in [0.15, 0.2) is 0 Å². The Balaban J connectivity index is -0.0000000450. The fourth-order valence-corrected chi connectivity index (χ4v) is 0. The monoisotopic (exact) mass is 308 g/mol. The fourth-order valence-electron chi connectivity index (χ4n) is 0. The van der Waals surface area contributed by atoms with Crippen LogP contribution >= 0.6 is 0 Å². The second-order valence-electron chi connectivity index (χ2n) is 0.567. The smallest absolute Gasteiger partial charge is 0.357 e. The van der Waals surface area contributed by atoms with E-state index in [0.717, 1.165) is 0 Å². The largest absolute Gasteiger partial charge is 3.00 e. The summed E-state index contributed by atoms with van der Waals surface area (Å²) in [5, 5.41) is 0. The molecule has 9 nitrogen and oxygen atoms in total. The molecule has 84 valence electrons. The van der Waals surface area contributed by atoms with Crippen LogP contribution in [0.15, 0.2) is 0 Å². The molecule has 0 radical (unpaired) electrons. The average molecular weight is 309 g/mol. The molecule has 0 N–H and O–H groups in total. The van der Waals surface area contributed by atoms with E-state index in [1.165, 1.54) is 0 Å². The Morgan fingerprint density at radius 2 is 0.385 bits per heavy atom. The molecule has 0 aromatic rings. The maximum Gasteiger partial charge on any atom is 3.00 e. The molecule has 13 heteroatoms. The summed E-state index contributed by atoms with van der Waals surface area (Å²) in [6.45, 7) is 0. The zero-order valence-electron chi connectivity index (χ0n) is 5.14. The Morgan fingerprint density at radius 3 is 0.385 bits per heavy atom. The molecular weight excluding hydrogens is 309 g/mol. The van der Waals surface area contributed by atoms with E-state index in [0.29, 0.717) is 0 Å². The van der Waals surface area contributed by atoms with E-state index in [2.05, 4.69) is 0 Å². The average Bonchev–Trinajstić information content (AvgIpc) is 1.54. The van der Waals surface area contributed by atoms with Crippen LogP contribution in [0.5, 0.6) is 0 Å². The summed E-state index contributed by atoms with van der Waals surface area (Å²) in [7, 11) is -8.56. The summed E-state index contributed by atoms with van der Waals surface area (Å²) in [6.07, 6.45) is 0. The van der Waals surface area contributed by atoms with Gasteiger partial charge in [-0.25, -0.2) is 0 Å². The van der Waals surface area contributed by atoms with Crippen molar-refractivity contribution in [3.05, 3.63) is 0 Å². The second kappa shape index (κ2) is 18.7. The molecule has 0 atom stereocenters. The van der Waals surface area contributed by atoms with Crippen molar-refractivity contribution in [3.63, 3.8) is 0 Å². The van der Waals surface area contributed by atoms with Gasteiger partial charge in [0.25, 0.3) is 0 Å². The second-order valence-corrected chi connectivity index (χ2v) is 1.70. The predicted molar refractivity (Wildman–Crippen MR) is 0 cm³/mol. The van der Waals surface area contributed by atoms with Crippen molar-refractivity contribution in [1.29, 1.82) is 0 Å². The summed E-state index contributed by atoms with van der Waals surface area (Å²) >= 11 is 0. The molecule has 0 spiro atoms. The molecule has 0 saturated heterocycles. The molecule has 0 aliphatic carbocycles. The number of rotatable bonds is 0. The number of halogens is 3. The van der Waals surface area contributed by atoms with Gasteiger partial charge >= 0.3 is 16.8 Å². The number of hydrogen-bond donors (Lipinski definition) is 0. The molecule has 0 fully saturated rings. The van der Waals surface area contributed by atoms with Crippen LogP contribution in [0.25, 0.3) is 0 Å². The Kier molecular flexibility index (Phi) is 34.1. The zero-order valence-corrected chi connectivity index (χ0v) is 8.45. The summed E-state index contributed by atoms with van der Waals surface area (Å²) in [5.41, 5.74) is 0. The van der Waals surface area contributed by atoms with Gasteiger partial charge in [-0.1, -0.05) is 0 Å². The van der Waals surface area contributed by atoms with Crippen LogP contribution in [0.3, 0.4) is 0 Å². The van der Waals surface area contributed by atoms with E-state index in [1.807, 2.05) is 0 Å². The molecule has 0 heterocycles. The molecule has 0 bridgehead atoms. The molecular formula is Cl3CoO9. The first-order valence-corrected chi connectivity index (χ1v) is 4.17. The molecule has 0 amide bonds. The maximum absolute atomic E-state index is 8.41. The Hall–Kier alpha value is 1.02. The third-order valence-electron chi connectivity index (χ3n) is 0. The van der Waals surface area contributed by atoms with E-state index in [4.69, 9.17) is 41.9 Å². The van der Waals surface area contributed by atoms with Crippen LogP contribution in [-0.2, 0) is 16.8 Å². The Bertz CT molecular complexity index is 43.4. The molecule has 0 aromatic heterocycles. The van der Waals surface area contributed by atoms with Crippen molar-refractivity contribution >= 4 is 0 Å². The first kappa shape index (κ1) is 23.7. The Morgan fingerprint density at radius 1 is 0.385 bits per heavy atom. The van der Waals surface area contributed by atoms with Crippen molar-refractivity contribution in [2.45, 2.75) is 0 Å². The van der Waals surface area contributed by atoms with Crippen LogP contribution in [0, 0.1) is 32.4 Å². The minimum atomic E-state index is -2.85. The molecule has 0 aromatic carbocycles. The van der Waals surface area contributed by atoms with Crippen LogP contribution < -0.4 is 41.9 Å². The van der Waals surface area contributed by atoms with Crippen LogP contribution in [0.4, 0.5) is 0 Å². The van der Waals surface area contributed by atoms with Crippen molar-refractivity contribution in [1.82, 2.24) is 0 Å². The van der Waals surface area contributed by atoms with Gasteiger partial charge in [-0.3, -0.25) is 0 Å². The standard InChI is InChI=1S/3ClO3.Co/c3*2-1(3)4;/q3*-1;+3. The van der Waals surface area contributed by atoms with Gasteiger partial charge in [0.1, 0.15) is 0 Å². The van der Waals surface area contributed by atoms with Crippen molar-refractivity contribution < 1.29 is 91.1 Å². The molecule has 0 rings (SSSR count). The molecule has 0 unspecified atom stereocenters. The molecule has 0 aliphatic rings. The van der Waals surface area contributed by atoms with Crippen LogP contribution in [-0.4, -0.2) is 0 Å². The summed E-state index contributed by atoms with van der Waals surface area (Å²) in [6, 6.07) is 0. The van der Waals surface area contributed by atoms with Crippen molar-refractivity contribution in [2.75, 3.05) is 0 Å². The fraction of sp³-hybridized carbons (Fsp3) is 0. The maximum atomic E-state index is 8.41. The minimum Gasteiger partial charge on any atom is -0.357 e. The van der Waals surface area contributed by atoms with Gasteiger partial charge in [-0.2, -0.15) is 0 Å². The van der Waals surface area contributed by atoms with Crippen molar-refractivity contribution in [2.24, 2.45) is 0 Å². The third kappa shape index (κ3) is 1530. The quantitative estimate of drug-likeness (QED) is 0.415. The topological polar surface area (TPSA) is 208 Å². The first-order chi connectivity index (χ1) is 5.20. The molecule has 13 heavy (non-hydrogen) atoms. The summed E-state index contributed by atoms with van der Waals surface area (Å²) in [5.74, 6) is 0. The van der Waals surface area contributed by atoms with Gasteiger partial charge in [0.05, 0.1) is 32.4 Å². The molecule has 0 aliphatic heterocycles. The third-order valence-corrected chi connectivity index (χ3v) is 0. The van der Waals surface area contributed by atoms with E-state index >= 15 is 0 Å². The predicted octanol–water partition coefficient (Wildman–Crippen LogP) is -10.7. The van der Waals surface area contributed by atoms with E-state index < -0.39 is 32.4 Å². The normalized spacial score (nSPS) is 8.31. The first-order valence-electron chi connectivity index (χ1n) is 1.39. The molecule has 0 saturated carbocycles. The van der Waals surface area contributed by atoms with Crippen LogP contribution in [0.1, 0.15) is 0 Å². The van der Waals surface area contributed by atoms with Gasteiger partial charge in [0, 0.05) is 0 Å². The minimum absolute atomic E-state index is 0. The van der Waals surface area contributed by atoms with Crippen molar-refractivity contribution in [3.8, 4) is 0 Å². The number of hydrogen-bond acceptors (Lipinski definition) is 9. The van der Waals surface area contributed by atoms with Gasteiger partial charge < -0.3 is 41.9 Å². The van der Waals surface area contributed by atoms with Gasteiger partial charge in [-0.05, 0) is 0 Å². The van der Waals surface area contributed by atoms with E-state index in [-0.39, 0.29) is 16.8 Å². The summed E-state index contributed by atoms with van der Waals surface area (Å²) < 4.78 is 75.7. The van der Waals surface area contributed by atoms with Gasteiger partial charge in [-0.15, -0.1) is 0 Å². The SMILES string of the molecule is [Co+3].[O-][Cl+2]([O-])[O-].[O-][Cl+2]([O-])[O-].[O-][Cl+2]([O-])[O-]. The summed E-state index contributed by atoms with van der Waals surface area (Å²) in [4.78, 5) is 0. The zero-order chi connectivity index (χ0) is 10.7. The van der Waals surface area contributed by atoms with E-state index in [1.54, 1.807) is 0 Å².